The Balaban J connectivity index is 1.36. The number of pyridine rings is 1. The molecule has 3 aromatic heterocycles. The number of benzene rings is 6. The first kappa shape index (κ1) is 31.9. The highest BCUT2D eigenvalue weighted by Gasteiger charge is 2.24. The summed E-state index contributed by atoms with van der Waals surface area (Å²) in [6.45, 7) is 0. The minimum atomic E-state index is -0.242. The maximum absolute atomic E-state index is 14.9. The van der Waals surface area contributed by atoms with E-state index in [2.05, 4.69) is 10.2 Å². The number of hydrogen-bond acceptors (Lipinski definition) is 6. The molecule has 0 radical (unpaired) electrons. The van der Waals surface area contributed by atoms with Gasteiger partial charge in [-0.15, -0.1) is 10.2 Å². The van der Waals surface area contributed by atoms with E-state index in [-0.39, 0.29) is 11.1 Å². The van der Waals surface area contributed by atoms with E-state index in [9.17, 15) is 9.59 Å². The Morgan fingerprint density at radius 2 is 1.11 bits per heavy atom. The maximum Gasteiger partial charge on any atom is 0.266 e. The van der Waals surface area contributed by atoms with Gasteiger partial charge in [0.15, 0.2) is 0 Å². The van der Waals surface area contributed by atoms with Crippen LogP contribution < -0.4 is 11.1 Å². The molecule has 0 saturated heterocycles. The lowest BCUT2D eigenvalue weighted by molar-refractivity contribution is 0.940. The van der Waals surface area contributed by atoms with Crippen LogP contribution in [0.4, 0.5) is 0 Å². The van der Waals surface area contributed by atoms with Crippen molar-refractivity contribution < 1.29 is 0 Å². The summed E-state index contributed by atoms with van der Waals surface area (Å²) >= 11 is 1.36. The van der Waals surface area contributed by atoms with Crippen molar-refractivity contribution in [3.8, 4) is 43.8 Å². The number of fused-ring (bicyclic) bond motifs is 2. The fourth-order valence-electron chi connectivity index (χ4n) is 6.72. The second-order valence-electron chi connectivity index (χ2n) is 12.5. The normalized spacial score (nSPS) is 11.5. The highest BCUT2D eigenvalue weighted by atomic mass is 32.1. The van der Waals surface area contributed by atoms with Crippen molar-refractivity contribution in [1.82, 2.24) is 24.3 Å². The zero-order valence-electron chi connectivity index (χ0n) is 28.2. The molecular formula is C45H29N5O2S. The molecule has 8 heteroatoms. The molecule has 0 spiro atoms. The SMILES string of the molecule is O=c1c2ccccc2nc(/C=C/c2ccccc2)n1-c1ccc2c(=O)n(-c3nnc(-c4ccccc4)s3)c(-c3ccccc3)c(-c3ccccc3)c2c1. The van der Waals surface area contributed by atoms with Gasteiger partial charge < -0.3 is 0 Å². The van der Waals surface area contributed by atoms with Crippen LogP contribution in [0.15, 0.2) is 173 Å². The number of nitrogens with zero attached hydrogens (tertiary/aromatic N) is 5. The van der Waals surface area contributed by atoms with E-state index >= 15 is 0 Å². The quantitative estimate of drug-likeness (QED) is 0.165. The summed E-state index contributed by atoms with van der Waals surface area (Å²) < 4.78 is 3.31. The highest BCUT2D eigenvalue weighted by Crippen LogP contribution is 2.39. The Bertz CT molecular complexity index is 2920. The van der Waals surface area contributed by atoms with Crippen LogP contribution in [0.1, 0.15) is 11.4 Å². The first-order chi connectivity index (χ1) is 26.1. The molecule has 0 bridgehead atoms. The van der Waals surface area contributed by atoms with Crippen LogP contribution in [0.5, 0.6) is 0 Å². The third kappa shape index (κ3) is 5.87. The van der Waals surface area contributed by atoms with Gasteiger partial charge in [0.1, 0.15) is 10.8 Å². The fourth-order valence-corrected chi connectivity index (χ4v) is 7.58. The summed E-state index contributed by atoms with van der Waals surface area (Å²) in [5.74, 6) is 0.470. The van der Waals surface area contributed by atoms with Gasteiger partial charge in [0.05, 0.1) is 22.3 Å². The molecule has 0 aliphatic heterocycles. The molecule has 9 rings (SSSR count). The summed E-state index contributed by atoms with van der Waals surface area (Å²) in [5.41, 5.74) is 5.89. The maximum atomic E-state index is 14.9. The second-order valence-corrected chi connectivity index (χ2v) is 13.4. The molecule has 0 N–H and O–H groups in total. The molecule has 0 aliphatic rings. The molecule has 0 fully saturated rings. The monoisotopic (exact) mass is 703 g/mol. The smallest absolute Gasteiger partial charge is 0.266 e. The van der Waals surface area contributed by atoms with Gasteiger partial charge in [0.2, 0.25) is 5.13 Å². The summed E-state index contributed by atoms with van der Waals surface area (Å²) in [5, 5.41) is 11.9. The molecule has 6 aromatic carbocycles. The van der Waals surface area contributed by atoms with Gasteiger partial charge in [-0.3, -0.25) is 14.2 Å². The largest absolute Gasteiger partial charge is 0.268 e. The van der Waals surface area contributed by atoms with Crippen molar-refractivity contribution in [2.75, 3.05) is 0 Å². The Labute approximate surface area is 308 Å². The summed E-state index contributed by atoms with van der Waals surface area (Å²) in [6.07, 6.45) is 3.81. The summed E-state index contributed by atoms with van der Waals surface area (Å²) in [6, 6.07) is 52.5. The molecule has 0 aliphatic carbocycles. The molecular weight excluding hydrogens is 675 g/mol. The third-order valence-corrected chi connectivity index (χ3v) is 10.1. The standard InChI is InChI=1S/C45H29N5O2S/c51-43-35-27-26-34(49-39(28-25-30-15-5-1-6-16-30)46-38-24-14-13-23-36(38)44(49)52)29-37(35)40(31-17-7-2-8-18-31)41(32-19-9-3-10-20-32)50(43)45-48-47-42(53-45)33-21-11-4-12-22-33/h1-29H/b28-25+. The zero-order chi connectivity index (χ0) is 35.7. The van der Waals surface area contributed by atoms with E-state index in [0.717, 1.165) is 27.8 Å². The van der Waals surface area contributed by atoms with Crippen molar-refractivity contribution >= 4 is 45.2 Å². The molecule has 0 amide bonds. The van der Waals surface area contributed by atoms with Crippen LogP contribution in [-0.2, 0) is 0 Å². The Hall–Kier alpha value is -7.03. The fraction of sp³-hybridized carbons (Fsp3) is 0. The minimum Gasteiger partial charge on any atom is -0.268 e. The van der Waals surface area contributed by atoms with Gasteiger partial charge in [-0.2, -0.15) is 0 Å². The summed E-state index contributed by atoms with van der Waals surface area (Å²) in [4.78, 5) is 34.2. The molecule has 0 saturated carbocycles. The van der Waals surface area contributed by atoms with E-state index in [1.54, 1.807) is 21.3 Å². The molecule has 0 atom stereocenters. The Kier molecular flexibility index (Phi) is 8.19. The Morgan fingerprint density at radius 1 is 0.509 bits per heavy atom. The van der Waals surface area contributed by atoms with Crippen molar-refractivity contribution in [2.24, 2.45) is 0 Å². The third-order valence-electron chi connectivity index (χ3n) is 9.19. The lowest BCUT2D eigenvalue weighted by Crippen LogP contribution is -2.24. The molecule has 252 valence electrons. The van der Waals surface area contributed by atoms with Gasteiger partial charge in [-0.05, 0) is 58.5 Å². The summed E-state index contributed by atoms with van der Waals surface area (Å²) in [7, 11) is 0. The number of para-hydroxylation sites is 1. The number of aromatic nitrogens is 5. The van der Waals surface area contributed by atoms with E-state index in [1.807, 2.05) is 164 Å². The minimum absolute atomic E-state index is 0.206. The highest BCUT2D eigenvalue weighted by molar-refractivity contribution is 7.17. The lowest BCUT2D eigenvalue weighted by atomic mass is 9.93. The van der Waals surface area contributed by atoms with Crippen LogP contribution in [0.25, 0.3) is 77.6 Å². The van der Waals surface area contributed by atoms with Crippen molar-refractivity contribution in [3.63, 3.8) is 0 Å². The topological polar surface area (TPSA) is 82.7 Å². The number of rotatable bonds is 7. The predicted octanol–water partition coefficient (Wildman–Crippen LogP) is 9.71. The van der Waals surface area contributed by atoms with Crippen molar-refractivity contribution in [3.05, 3.63) is 196 Å². The predicted molar refractivity (Wildman–Crippen MR) is 216 cm³/mol. The lowest BCUT2D eigenvalue weighted by Gasteiger charge is -2.20. The van der Waals surface area contributed by atoms with E-state index in [1.165, 1.54) is 11.3 Å². The van der Waals surface area contributed by atoms with Gasteiger partial charge in [0.25, 0.3) is 11.1 Å². The van der Waals surface area contributed by atoms with Crippen LogP contribution in [0.2, 0.25) is 0 Å². The van der Waals surface area contributed by atoms with E-state index in [0.29, 0.717) is 49.0 Å². The van der Waals surface area contributed by atoms with Crippen molar-refractivity contribution in [1.29, 1.82) is 0 Å². The molecule has 3 heterocycles. The van der Waals surface area contributed by atoms with Crippen molar-refractivity contribution in [2.45, 2.75) is 0 Å². The van der Waals surface area contributed by atoms with E-state index < -0.39 is 0 Å². The zero-order valence-corrected chi connectivity index (χ0v) is 29.0. The molecule has 7 nitrogen and oxygen atoms in total. The van der Waals surface area contributed by atoms with Crippen LogP contribution in [0.3, 0.4) is 0 Å². The average molecular weight is 704 g/mol. The van der Waals surface area contributed by atoms with Crippen LogP contribution in [0, 0.1) is 0 Å². The van der Waals surface area contributed by atoms with Crippen LogP contribution >= 0.6 is 11.3 Å². The first-order valence-electron chi connectivity index (χ1n) is 17.1. The first-order valence-corrected chi connectivity index (χ1v) is 17.9. The van der Waals surface area contributed by atoms with Gasteiger partial charge >= 0.3 is 0 Å². The van der Waals surface area contributed by atoms with Gasteiger partial charge in [0, 0.05) is 16.5 Å². The second kappa shape index (κ2) is 13.6. The molecule has 53 heavy (non-hydrogen) atoms. The molecule has 9 aromatic rings. The molecule has 0 unspecified atom stereocenters. The average Bonchev–Trinajstić information content (AvgIpc) is 3.71. The Morgan fingerprint density at radius 3 is 1.83 bits per heavy atom. The van der Waals surface area contributed by atoms with Crippen LogP contribution in [-0.4, -0.2) is 24.3 Å². The van der Waals surface area contributed by atoms with Gasteiger partial charge in [-0.1, -0.05) is 151 Å². The van der Waals surface area contributed by atoms with Gasteiger partial charge in [-0.25, -0.2) is 9.55 Å². The van der Waals surface area contributed by atoms with E-state index in [4.69, 9.17) is 4.98 Å². The number of hydrogen-bond donors (Lipinski definition) is 0.